The number of carboxylic acid groups (broad SMARTS) is 1. The van der Waals surface area contributed by atoms with Crippen LogP contribution < -0.4 is 0 Å². The molecule has 0 aliphatic carbocycles. The molecular formula is C16H23N5O3. The zero-order valence-electron chi connectivity index (χ0n) is 14.6. The lowest BCUT2D eigenvalue weighted by atomic mass is 10.2. The highest BCUT2D eigenvalue weighted by atomic mass is 16.4. The van der Waals surface area contributed by atoms with Crippen LogP contribution in [0.1, 0.15) is 47.3 Å². The Hall–Kier alpha value is -2.64. The van der Waals surface area contributed by atoms with E-state index < -0.39 is 12.0 Å². The van der Waals surface area contributed by atoms with Crippen LogP contribution in [0.3, 0.4) is 0 Å². The van der Waals surface area contributed by atoms with Crippen molar-refractivity contribution in [3.8, 4) is 0 Å². The SMILES string of the molecule is CCn1nc(C)c(CN(C)C(=O)c2ccn(C(C)C(=O)O)n2)c1C. The van der Waals surface area contributed by atoms with E-state index in [2.05, 4.69) is 10.2 Å². The molecule has 0 bridgehead atoms. The fraction of sp³-hybridized carbons (Fsp3) is 0.500. The lowest BCUT2D eigenvalue weighted by molar-refractivity contribution is -0.140. The van der Waals surface area contributed by atoms with Crippen molar-refractivity contribution in [2.24, 2.45) is 0 Å². The monoisotopic (exact) mass is 333 g/mol. The van der Waals surface area contributed by atoms with Gasteiger partial charge in [0.15, 0.2) is 0 Å². The normalized spacial score (nSPS) is 12.2. The van der Waals surface area contributed by atoms with Gasteiger partial charge in [0.2, 0.25) is 0 Å². The van der Waals surface area contributed by atoms with Crippen LogP contribution in [0.15, 0.2) is 12.3 Å². The Balaban J connectivity index is 2.16. The summed E-state index contributed by atoms with van der Waals surface area (Å²) in [5.74, 6) is -1.25. The maximum absolute atomic E-state index is 12.5. The van der Waals surface area contributed by atoms with Gasteiger partial charge in [-0.3, -0.25) is 14.2 Å². The lowest BCUT2D eigenvalue weighted by Gasteiger charge is -2.16. The molecule has 1 atom stereocenters. The zero-order valence-corrected chi connectivity index (χ0v) is 14.6. The fourth-order valence-corrected chi connectivity index (χ4v) is 2.56. The van der Waals surface area contributed by atoms with Crippen LogP contribution in [0.4, 0.5) is 0 Å². The largest absolute Gasteiger partial charge is 0.480 e. The van der Waals surface area contributed by atoms with Gasteiger partial charge in [0.05, 0.1) is 5.69 Å². The summed E-state index contributed by atoms with van der Waals surface area (Å²) in [4.78, 5) is 25.1. The van der Waals surface area contributed by atoms with Gasteiger partial charge in [-0.1, -0.05) is 0 Å². The van der Waals surface area contributed by atoms with Gasteiger partial charge < -0.3 is 10.0 Å². The molecule has 130 valence electrons. The number of carboxylic acids is 1. The molecule has 0 aliphatic rings. The number of aliphatic carboxylic acids is 1. The summed E-state index contributed by atoms with van der Waals surface area (Å²) in [6.45, 7) is 8.66. The van der Waals surface area contributed by atoms with Crippen molar-refractivity contribution in [2.75, 3.05) is 7.05 Å². The molecule has 24 heavy (non-hydrogen) atoms. The Bertz CT molecular complexity index is 762. The third-order valence-electron chi connectivity index (χ3n) is 4.15. The molecule has 0 saturated heterocycles. The van der Waals surface area contributed by atoms with Gasteiger partial charge in [-0.05, 0) is 33.8 Å². The van der Waals surface area contributed by atoms with Gasteiger partial charge in [-0.15, -0.1) is 0 Å². The Kier molecular flexibility index (Phi) is 5.06. The smallest absolute Gasteiger partial charge is 0.328 e. The van der Waals surface area contributed by atoms with Crippen LogP contribution >= 0.6 is 0 Å². The number of hydrogen-bond donors (Lipinski definition) is 1. The van der Waals surface area contributed by atoms with E-state index in [9.17, 15) is 9.59 Å². The van der Waals surface area contributed by atoms with Crippen LogP contribution in [-0.4, -0.2) is 48.5 Å². The van der Waals surface area contributed by atoms with Gasteiger partial charge in [-0.2, -0.15) is 10.2 Å². The van der Waals surface area contributed by atoms with E-state index >= 15 is 0 Å². The molecule has 0 aromatic carbocycles. The van der Waals surface area contributed by atoms with E-state index in [1.165, 1.54) is 23.9 Å². The number of nitrogens with zero attached hydrogens (tertiary/aromatic N) is 5. The van der Waals surface area contributed by atoms with E-state index in [0.29, 0.717) is 6.54 Å². The number of hydrogen-bond acceptors (Lipinski definition) is 4. The Morgan fingerprint density at radius 2 is 2.00 bits per heavy atom. The summed E-state index contributed by atoms with van der Waals surface area (Å²) in [5.41, 5.74) is 3.19. The van der Waals surface area contributed by atoms with E-state index in [-0.39, 0.29) is 11.6 Å². The first-order chi connectivity index (χ1) is 11.3. The molecule has 2 heterocycles. The van der Waals surface area contributed by atoms with Crippen molar-refractivity contribution in [3.63, 3.8) is 0 Å². The average molecular weight is 333 g/mol. The minimum Gasteiger partial charge on any atom is -0.480 e. The Morgan fingerprint density at radius 1 is 1.33 bits per heavy atom. The molecular weight excluding hydrogens is 310 g/mol. The Morgan fingerprint density at radius 3 is 2.54 bits per heavy atom. The zero-order chi connectivity index (χ0) is 18.0. The second kappa shape index (κ2) is 6.86. The first kappa shape index (κ1) is 17.7. The third-order valence-corrected chi connectivity index (χ3v) is 4.15. The highest BCUT2D eigenvalue weighted by Crippen LogP contribution is 2.16. The molecule has 0 fully saturated rings. The third kappa shape index (κ3) is 3.32. The molecule has 1 N–H and O–H groups in total. The minimum atomic E-state index is -0.997. The van der Waals surface area contributed by atoms with Gasteiger partial charge in [-0.25, -0.2) is 4.79 Å². The van der Waals surface area contributed by atoms with E-state index in [1.807, 2.05) is 25.5 Å². The van der Waals surface area contributed by atoms with Gasteiger partial charge in [0.25, 0.3) is 5.91 Å². The van der Waals surface area contributed by atoms with Crippen molar-refractivity contribution in [1.29, 1.82) is 0 Å². The van der Waals surface area contributed by atoms with Gasteiger partial charge in [0.1, 0.15) is 11.7 Å². The van der Waals surface area contributed by atoms with Crippen LogP contribution in [0, 0.1) is 13.8 Å². The average Bonchev–Trinajstić information content (AvgIpc) is 3.13. The molecule has 8 heteroatoms. The van der Waals surface area contributed by atoms with Crippen LogP contribution in [0.25, 0.3) is 0 Å². The van der Waals surface area contributed by atoms with Crippen molar-refractivity contribution < 1.29 is 14.7 Å². The molecule has 8 nitrogen and oxygen atoms in total. The van der Waals surface area contributed by atoms with Gasteiger partial charge in [0, 0.05) is 37.6 Å². The molecule has 0 saturated carbocycles. The van der Waals surface area contributed by atoms with E-state index in [1.54, 1.807) is 11.9 Å². The predicted octanol–water partition coefficient (Wildman–Crippen LogP) is 1.63. The first-order valence-electron chi connectivity index (χ1n) is 7.82. The number of carbonyl (C=O) groups is 2. The molecule has 1 unspecified atom stereocenters. The van der Waals surface area contributed by atoms with Crippen LogP contribution in [0.5, 0.6) is 0 Å². The predicted molar refractivity (Wildman–Crippen MR) is 87.7 cm³/mol. The summed E-state index contributed by atoms with van der Waals surface area (Å²) in [7, 11) is 1.70. The molecule has 0 radical (unpaired) electrons. The molecule has 0 spiro atoms. The molecule has 2 aromatic rings. The maximum atomic E-state index is 12.5. The van der Waals surface area contributed by atoms with Crippen molar-refractivity contribution in [1.82, 2.24) is 24.5 Å². The van der Waals surface area contributed by atoms with Crippen LogP contribution in [-0.2, 0) is 17.9 Å². The second-order valence-electron chi connectivity index (χ2n) is 5.82. The highest BCUT2D eigenvalue weighted by Gasteiger charge is 2.21. The van der Waals surface area contributed by atoms with Crippen LogP contribution in [0.2, 0.25) is 0 Å². The van der Waals surface area contributed by atoms with Gasteiger partial charge >= 0.3 is 5.97 Å². The summed E-state index contributed by atoms with van der Waals surface area (Å²) < 4.78 is 3.18. The number of carbonyl (C=O) groups excluding carboxylic acids is 1. The summed E-state index contributed by atoms with van der Waals surface area (Å²) in [6.07, 6.45) is 1.51. The van der Waals surface area contributed by atoms with E-state index in [4.69, 9.17) is 5.11 Å². The summed E-state index contributed by atoms with van der Waals surface area (Å²) in [6, 6.07) is 0.720. The molecule has 0 aliphatic heterocycles. The number of aryl methyl sites for hydroxylation is 2. The number of amides is 1. The topological polar surface area (TPSA) is 93.2 Å². The molecule has 1 amide bonds. The minimum absolute atomic E-state index is 0.226. The Labute approximate surface area is 140 Å². The molecule has 2 aromatic heterocycles. The quantitative estimate of drug-likeness (QED) is 0.867. The number of rotatable bonds is 6. The number of aromatic nitrogens is 4. The van der Waals surface area contributed by atoms with Crippen molar-refractivity contribution in [2.45, 2.75) is 46.8 Å². The summed E-state index contributed by atoms with van der Waals surface area (Å²) in [5, 5.41) is 17.5. The second-order valence-corrected chi connectivity index (χ2v) is 5.82. The van der Waals surface area contributed by atoms with Crippen molar-refractivity contribution >= 4 is 11.9 Å². The maximum Gasteiger partial charge on any atom is 0.328 e. The van der Waals surface area contributed by atoms with E-state index in [0.717, 1.165) is 23.5 Å². The molecule has 2 rings (SSSR count). The lowest BCUT2D eigenvalue weighted by Crippen LogP contribution is -2.27. The summed E-state index contributed by atoms with van der Waals surface area (Å²) >= 11 is 0. The highest BCUT2D eigenvalue weighted by molar-refractivity contribution is 5.92. The van der Waals surface area contributed by atoms with Crippen molar-refractivity contribution in [3.05, 3.63) is 34.9 Å². The standard InChI is InChI=1S/C16H23N5O3/c1-6-20-11(3)13(10(2)17-20)9-19(5)15(22)14-7-8-21(18-14)12(4)16(23)24/h7-8,12H,6,9H2,1-5H3,(H,23,24). The first-order valence-corrected chi connectivity index (χ1v) is 7.82. The fourth-order valence-electron chi connectivity index (χ4n) is 2.56.